The van der Waals surface area contributed by atoms with Crippen molar-refractivity contribution in [3.05, 3.63) is 35.4 Å². The van der Waals surface area contributed by atoms with Gasteiger partial charge in [-0.05, 0) is 25.0 Å². The van der Waals surface area contributed by atoms with Crippen LogP contribution in [0.4, 0.5) is 0 Å². The smallest absolute Gasteiger partial charge is 0.0753 e. The molecule has 1 saturated heterocycles. The molecule has 1 fully saturated rings. The molecule has 1 aromatic rings. The van der Waals surface area contributed by atoms with Crippen molar-refractivity contribution in [2.45, 2.75) is 32.5 Å². The number of benzene rings is 1. The van der Waals surface area contributed by atoms with Crippen LogP contribution in [-0.4, -0.2) is 30.2 Å². The zero-order valence-electron chi connectivity index (χ0n) is 10.8. The summed E-state index contributed by atoms with van der Waals surface area (Å²) in [5.74, 6) is 0. The van der Waals surface area contributed by atoms with Gasteiger partial charge in [0.1, 0.15) is 0 Å². The summed E-state index contributed by atoms with van der Waals surface area (Å²) in [4.78, 5) is 2.44. The molecular weight excluding hydrogens is 212 g/mol. The van der Waals surface area contributed by atoms with Crippen LogP contribution in [0.1, 0.15) is 25.0 Å². The van der Waals surface area contributed by atoms with Crippen LogP contribution in [-0.2, 0) is 17.8 Å². The van der Waals surface area contributed by atoms with E-state index in [-0.39, 0.29) is 5.60 Å². The van der Waals surface area contributed by atoms with Gasteiger partial charge in [0.15, 0.2) is 0 Å². The van der Waals surface area contributed by atoms with Crippen LogP contribution in [0.3, 0.4) is 0 Å². The number of hydrogen-bond acceptors (Lipinski definition) is 3. The highest BCUT2D eigenvalue weighted by Crippen LogP contribution is 2.18. The monoisotopic (exact) mass is 234 g/mol. The predicted octanol–water partition coefficient (Wildman–Crippen LogP) is 1.76. The van der Waals surface area contributed by atoms with Crippen molar-refractivity contribution < 1.29 is 4.74 Å². The molecule has 3 heteroatoms. The van der Waals surface area contributed by atoms with Crippen molar-refractivity contribution in [1.82, 2.24) is 4.90 Å². The van der Waals surface area contributed by atoms with E-state index in [0.717, 1.165) is 26.2 Å². The molecule has 0 aromatic heterocycles. The minimum atomic E-state index is -0.0241. The van der Waals surface area contributed by atoms with Crippen LogP contribution in [0.2, 0.25) is 0 Å². The molecule has 2 rings (SSSR count). The Morgan fingerprint density at radius 3 is 2.82 bits per heavy atom. The molecule has 17 heavy (non-hydrogen) atoms. The summed E-state index contributed by atoms with van der Waals surface area (Å²) in [6.45, 7) is 8.72. The summed E-state index contributed by atoms with van der Waals surface area (Å²) in [7, 11) is 0. The van der Waals surface area contributed by atoms with E-state index < -0.39 is 0 Å². The lowest BCUT2D eigenvalue weighted by molar-refractivity contribution is -0.0882. The van der Waals surface area contributed by atoms with Gasteiger partial charge in [0.2, 0.25) is 0 Å². The quantitative estimate of drug-likeness (QED) is 0.866. The van der Waals surface area contributed by atoms with E-state index in [1.807, 2.05) is 0 Å². The second kappa shape index (κ2) is 5.17. The Bertz CT molecular complexity index is 376. The number of morpholine rings is 1. The highest BCUT2D eigenvalue weighted by molar-refractivity contribution is 5.23. The summed E-state index contributed by atoms with van der Waals surface area (Å²) in [5, 5.41) is 0. The topological polar surface area (TPSA) is 38.5 Å². The number of ether oxygens (including phenoxy) is 1. The summed E-state index contributed by atoms with van der Waals surface area (Å²) in [6, 6.07) is 8.53. The van der Waals surface area contributed by atoms with Gasteiger partial charge in [-0.3, -0.25) is 4.90 Å². The van der Waals surface area contributed by atoms with Gasteiger partial charge in [-0.25, -0.2) is 0 Å². The lowest BCUT2D eigenvalue weighted by Crippen LogP contribution is -2.47. The molecule has 94 valence electrons. The van der Waals surface area contributed by atoms with Crippen LogP contribution in [0.15, 0.2) is 24.3 Å². The fourth-order valence-electron chi connectivity index (χ4n) is 2.36. The maximum atomic E-state index is 5.72. The Morgan fingerprint density at radius 2 is 2.12 bits per heavy atom. The molecule has 0 radical (unpaired) electrons. The minimum absolute atomic E-state index is 0.0241. The third-order valence-corrected chi connectivity index (χ3v) is 3.14. The first-order valence-electron chi connectivity index (χ1n) is 6.23. The van der Waals surface area contributed by atoms with Gasteiger partial charge >= 0.3 is 0 Å². The maximum absolute atomic E-state index is 5.72. The summed E-state index contributed by atoms with van der Waals surface area (Å²) < 4.78 is 5.72. The molecule has 0 spiro atoms. The highest BCUT2D eigenvalue weighted by Gasteiger charge is 2.26. The number of nitrogens with zero attached hydrogens (tertiary/aromatic N) is 1. The first-order chi connectivity index (χ1) is 8.09. The third-order valence-electron chi connectivity index (χ3n) is 3.14. The van der Waals surface area contributed by atoms with E-state index in [1.165, 1.54) is 11.1 Å². The van der Waals surface area contributed by atoms with Crippen LogP contribution in [0.25, 0.3) is 0 Å². The molecule has 0 saturated carbocycles. The summed E-state index contributed by atoms with van der Waals surface area (Å²) in [5.41, 5.74) is 8.18. The van der Waals surface area contributed by atoms with Crippen molar-refractivity contribution in [2.75, 3.05) is 19.7 Å². The molecule has 0 aliphatic carbocycles. The second-order valence-electron chi connectivity index (χ2n) is 5.34. The molecule has 0 atom stereocenters. The van der Waals surface area contributed by atoms with Gasteiger partial charge in [0, 0.05) is 26.2 Å². The highest BCUT2D eigenvalue weighted by atomic mass is 16.5. The number of hydrogen-bond donors (Lipinski definition) is 1. The molecule has 3 nitrogen and oxygen atoms in total. The van der Waals surface area contributed by atoms with E-state index in [1.54, 1.807) is 0 Å². The molecule has 1 aliphatic rings. The first-order valence-corrected chi connectivity index (χ1v) is 6.23. The van der Waals surface area contributed by atoms with Crippen molar-refractivity contribution in [1.29, 1.82) is 0 Å². The second-order valence-corrected chi connectivity index (χ2v) is 5.34. The van der Waals surface area contributed by atoms with E-state index in [0.29, 0.717) is 6.54 Å². The Kier molecular flexibility index (Phi) is 3.82. The fourth-order valence-corrected chi connectivity index (χ4v) is 2.36. The molecular formula is C14H22N2O. The Morgan fingerprint density at radius 1 is 1.35 bits per heavy atom. The molecule has 1 aromatic carbocycles. The van der Waals surface area contributed by atoms with Crippen LogP contribution in [0.5, 0.6) is 0 Å². The minimum Gasteiger partial charge on any atom is -0.373 e. The van der Waals surface area contributed by atoms with E-state index >= 15 is 0 Å². The Balaban J connectivity index is 2.00. The molecule has 0 unspecified atom stereocenters. The molecule has 0 amide bonds. The average Bonchev–Trinajstić information content (AvgIpc) is 2.28. The Hall–Kier alpha value is -0.900. The van der Waals surface area contributed by atoms with Gasteiger partial charge < -0.3 is 10.5 Å². The zero-order chi connectivity index (χ0) is 12.3. The normalized spacial score (nSPS) is 20.4. The van der Waals surface area contributed by atoms with Crippen molar-refractivity contribution >= 4 is 0 Å². The van der Waals surface area contributed by atoms with Crippen LogP contribution < -0.4 is 5.73 Å². The van der Waals surface area contributed by atoms with E-state index in [9.17, 15) is 0 Å². The lowest BCUT2D eigenvalue weighted by atomic mass is 10.1. The first kappa shape index (κ1) is 12.6. The van der Waals surface area contributed by atoms with Crippen LogP contribution >= 0.6 is 0 Å². The van der Waals surface area contributed by atoms with Gasteiger partial charge in [0.25, 0.3) is 0 Å². The third kappa shape index (κ3) is 3.53. The standard InChI is InChI=1S/C14H22N2O/c1-14(2)11-16(6-7-17-14)10-13-5-3-4-12(8-13)9-15/h3-5,8H,6-7,9-11,15H2,1-2H3. The van der Waals surface area contributed by atoms with Crippen LogP contribution in [0, 0.1) is 0 Å². The molecule has 1 heterocycles. The van der Waals surface area contributed by atoms with Gasteiger partial charge in [-0.1, -0.05) is 24.3 Å². The average molecular weight is 234 g/mol. The van der Waals surface area contributed by atoms with Gasteiger partial charge in [-0.15, -0.1) is 0 Å². The molecule has 2 N–H and O–H groups in total. The maximum Gasteiger partial charge on any atom is 0.0753 e. The molecule has 0 bridgehead atoms. The number of nitrogens with two attached hydrogens (primary N) is 1. The zero-order valence-corrected chi connectivity index (χ0v) is 10.8. The summed E-state index contributed by atoms with van der Waals surface area (Å²) in [6.07, 6.45) is 0. The fraction of sp³-hybridized carbons (Fsp3) is 0.571. The lowest BCUT2D eigenvalue weighted by Gasteiger charge is -2.38. The van der Waals surface area contributed by atoms with Crippen molar-refractivity contribution in [3.63, 3.8) is 0 Å². The predicted molar refractivity (Wildman–Crippen MR) is 69.6 cm³/mol. The SMILES string of the molecule is CC1(C)CN(Cc2cccc(CN)c2)CCO1. The van der Waals surface area contributed by atoms with Crippen molar-refractivity contribution in [3.8, 4) is 0 Å². The van der Waals surface area contributed by atoms with E-state index in [4.69, 9.17) is 10.5 Å². The van der Waals surface area contributed by atoms with E-state index in [2.05, 4.69) is 43.0 Å². The van der Waals surface area contributed by atoms with Crippen molar-refractivity contribution in [2.24, 2.45) is 5.73 Å². The van der Waals surface area contributed by atoms with Gasteiger partial charge in [0.05, 0.1) is 12.2 Å². The largest absolute Gasteiger partial charge is 0.373 e. The number of rotatable bonds is 3. The molecule has 1 aliphatic heterocycles. The van der Waals surface area contributed by atoms with Gasteiger partial charge in [-0.2, -0.15) is 0 Å². The Labute approximate surface area is 104 Å². The summed E-state index contributed by atoms with van der Waals surface area (Å²) >= 11 is 0.